The number of hydrogen-bond donors (Lipinski definition) is 2. The lowest BCUT2D eigenvalue weighted by Gasteiger charge is -2.10. The van der Waals surface area contributed by atoms with Crippen LogP contribution < -0.4 is 11.2 Å². The molecule has 2 rings (SSSR count). The molecular weight excluding hydrogens is 357 g/mol. The van der Waals surface area contributed by atoms with E-state index < -0.39 is 11.7 Å². The zero-order valence-electron chi connectivity index (χ0n) is 9.78. The van der Waals surface area contributed by atoms with E-state index in [1.165, 1.54) is 23.5 Å². The normalized spacial score (nSPS) is 12.0. The van der Waals surface area contributed by atoms with Crippen LogP contribution >= 0.6 is 27.3 Å². The number of rotatable bonds is 3. The molecule has 0 saturated heterocycles. The Morgan fingerprint density at radius 3 is 2.75 bits per heavy atom. The highest BCUT2D eigenvalue weighted by Gasteiger charge is 2.32. The van der Waals surface area contributed by atoms with Gasteiger partial charge in [0.25, 0.3) is 0 Å². The Hall–Kier alpha value is -1.61. The first-order valence-corrected chi connectivity index (χ1v) is 6.90. The average Bonchev–Trinajstić information content (AvgIpc) is 2.73. The summed E-state index contributed by atoms with van der Waals surface area (Å²) >= 11 is 4.33. The number of hydrazone groups is 1. The maximum Gasteiger partial charge on any atom is 0.417 e. The Kier molecular flexibility index (Phi) is 4.29. The van der Waals surface area contributed by atoms with Gasteiger partial charge in [-0.05, 0) is 18.2 Å². The molecule has 1 aromatic carbocycles. The molecule has 0 aliphatic carbocycles. The zero-order chi connectivity index (χ0) is 14.8. The van der Waals surface area contributed by atoms with Crippen molar-refractivity contribution in [2.24, 2.45) is 5.10 Å². The number of benzene rings is 1. The van der Waals surface area contributed by atoms with E-state index in [9.17, 15) is 13.2 Å². The van der Waals surface area contributed by atoms with E-state index in [2.05, 4.69) is 31.4 Å². The minimum atomic E-state index is -4.44. The highest BCUT2D eigenvalue weighted by atomic mass is 79.9. The fourth-order valence-electron chi connectivity index (χ4n) is 1.39. The van der Waals surface area contributed by atoms with Crippen LogP contribution in [-0.2, 0) is 6.18 Å². The smallest absolute Gasteiger partial charge is 0.383 e. The number of aromatic nitrogens is 1. The van der Waals surface area contributed by atoms with Gasteiger partial charge in [-0.1, -0.05) is 15.9 Å². The lowest BCUT2D eigenvalue weighted by Crippen LogP contribution is -2.09. The molecule has 0 aliphatic rings. The summed E-state index contributed by atoms with van der Waals surface area (Å²) in [6, 6.07) is 3.66. The molecule has 106 valence electrons. The third kappa shape index (κ3) is 3.70. The van der Waals surface area contributed by atoms with Crippen molar-refractivity contribution in [3.05, 3.63) is 39.2 Å². The molecule has 20 heavy (non-hydrogen) atoms. The molecule has 0 saturated carbocycles. The number of thiazole rings is 1. The second kappa shape index (κ2) is 5.80. The minimum Gasteiger partial charge on any atom is -0.383 e. The van der Waals surface area contributed by atoms with Crippen LogP contribution in [-0.4, -0.2) is 11.2 Å². The van der Waals surface area contributed by atoms with Gasteiger partial charge in [0.05, 0.1) is 11.8 Å². The van der Waals surface area contributed by atoms with E-state index >= 15 is 0 Å². The maximum absolute atomic E-state index is 12.8. The standard InChI is InChI=1S/C11H8BrF3N4S/c12-7-1-2-8(11(13,14)15)6(3-7)4-17-19-10-18-9(16)5-20-10/h1-5H,16H2,(H,18,19). The molecule has 0 radical (unpaired) electrons. The van der Waals surface area contributed by atoms with E-state index in [1.54, 1.807) is 5.38 Å². The number of nitrogens with one attached hydrogen (secondary N) is 1. The highest BCUT2D eigenvalue weighted by Crippen LogP contribution is 2.32. The van der Waals surface area contributed by atoms with E-state index in [4.69, 9.17) is 5.73 Å². The van der Waals surface area contributed by atoms with Crippen LogP contribution in [0, 0.1) is 0 Å². The van der Waals surface area contributed by atoms with Gasteiger partial charge >= 0.3 is 6.18 Å². The van der Waals surface area contributed by atoms with Crippen molar-refractivity contribution < 1.29 is 13.2 Å². The third-order valence-electron chi connectivity index (χ3n) is 2.20. The molecular formula is C11H8BrF3N4S. The lowest BCUT2D eigenvalue weighted by atomic mass is 10.1. The quantitative estimate of drug-likeness (QED) is 0.640. The molecule has 0 atom stereocenters. The van der Waals surface area contributed by atoms with Crippen molar-refractivity contribution in [1.29, 1.82) is 0 Å². The lowest BCUT2D eigenvalue weighted by molar-refractivity contribution is -0.137. The molecule has 2 aromatic rings. The molecule has 0 amide bonds. The fourth-order valence-corrected chi connectivity index (χ4v) is 2.32. The Morgan fingerprint density at radius 2 is 2.15 bits per heavy atom. The van der Waals surface area contributed by atoms with Crippen LogP contribution in [0.25, 0.3) is 0 Å². The van der Waals surface area contributed by atoms with Gasteiger partial charge in [-0.3, -0.25) is 5.43 Å². The number of nitrogen functional groups attached to an aromatic ring is 1. The van der Waals surface area contributed by atoms with Crippen LogP contribution in [0.2, 0.25) is 0 Å². The Balaban J connectivity index is 2.21. The number of alkyl halides is 3. The summed E-state index contributed by atoms with van der Waals surface area (Å²) < 4.78 is 39.0. The monoisotopic (exact) mass is 364 g/mol. The highest BCUT2D eigenvalue weighted by molar-refractivity contribution is 9.10. The molecule has 0 fully saturated rings. The van der Waals surface area contributed by atoms with E-state index in [0.717, 1.165) is 12.3 Å². The van der Waals surface area contributed by atoms with E-state index in [0.29, 0.717) is 15.4 Å². The summed E-state index contributed by atoms with van der Waals surface area (Å²) in [5.41, 5.74) is 7.13. The summed E-state index contributed by atoms with van der Waals surface area (Å²) in [5.74, 6) is 0.325. The first-order chi connectivity index (χ1) is 9.36. The summed E-state index contributed by atoms with van der Waals surface area (Å²) in [6.45, 7) is 0. The Bertz CT molecular complexity index is 639. The molecule has 1 aromatic heterocycles. The second-order valence-electron chi connectivity index (χ2n) is 3.68. The van der Waals surface area contributed by atoms with Crippen LogP contribution in [0.4, 0.5) is 24.1 Å². The number of nitrogens with two attached hydrogens (primary N) is 1. The summed E-state index contributed by atoms with van der Waals surface area (Å²) in [7, 11) is 0. The zero-order valence-corrected chi connectivity index (χ0v) is 12.2. The second-order valence-corrected chi connectivity index (χ2v) is 5.45. The van der Waals surface area contributed by atoms with E-state index in [-0.39, 0.29) is 5.56 Å². The van der Waals surface area contributed by atoms with Gasteiger partial charge in [0.2, 0.25) is 5.13 Å². The molecule has 0 bridgehead atoms. The Morgan fingerprint density at radius 1 is 1.40 bits per heavy atom. The molecule has 1 heterocycles. The van der Waals surface area contributed by atoms with Crippen LogP contribution in [0.15, 0.2) is 33.2 Å². The van der Waals surface area contributed by atoms with Gasteiger partial charge in [0.15, 0.2) is 0 Å². The van der Waals surface area contributed by atoms with Crippen molar-refractivity contribution in [2.75, 3.05) is 11.2 Å². The number of hydrogen-bond acceptors (Lipinski definition) is 5. The largest absolute Gasteiger partial charge is 0.417 e. The van der Waals surface area contributed by atoms with Gasteiger partial charge < -0.3 is 5.73 Å². The van der Waals surface area contributed by atoms with Gasteiger partial charge in [-0.25, -0.2) is 4.98 Å². The summed E-state index contributed by atoms with van der Waals surface area (Å²) in [6.07, 6.45) is -3.35. The average molecular weight is 365 g/mol. The summed E-state index contributed by atoms with van der Waals surface area (Å²) in [5, 5.41) is 5.74. The molecule has 4 nitrogen and oxygen atoms in total. The van der Waals surface area contributed by atoms with Crippen LogP contribution in [0.3, 0.4) is 0 Å². The minimum absolute atomic E-state index is 0.0519. The topological polar surface area (TPSA) is 63.3 Å². The molecule has 0 unspecified atom stereocenters. The van der Waals surface area contributed by atoms with Crippen molar-refractivity contribution in [1.82, 2.24) is 4.98 Å². The van der Waals surface area contributed by atoms with Crippen molar-refractivity contribution in [3.63, 3.8) is 0 Å². The molecule has 9 heteroatoms. The van der Waals surface area contributed by atoms with Gasteiger partial charge in [0.1, 0.15) is 5.82 Å². The maximum atomic E-state index is 12.8. The third-order valence-corrected chi connectivity index (χ3v) is 3.46. The number of nitrogens with zero attached hydrogens (tertiary/aromatic N) is 2. The van der Waals surface area contributed by atoms with Crippen molar-refractivity contribution in [2.45, 2.75) is 6.18 Å². The van der Waals surface area contributed by atoms with Crippen LogP contribution in [0.1, 0.15) is 11.1 Å². The number of anilines is 2. The molecule has 3 N–H and O–H groups in total. The molecule has 0 aliphatic heterocycles. The van der Waals surface area contributed by atoms with Gasteiger partial charge in [-0.2, -0.15) is 18.3 Å². The van der Waals surface area contributed by atoms with Crippen molar-refractivity contribution >= 4 is 44.4 Å². The van der Waals surface area contributed by atoms with Crippen molar-refractivity contribution in [3.8, 4) is 0 Å². The SMILES string of the molecule is Nc1csc(NN=Cc2cc(Br)ccc2C(F)(F)F)n1. The first-order valence-electron chi connectivity index (χ1n) is 5.23. The fraction of sp³-hybridized carbons (Fsp3) is 0.0909. The van der Waals surface area contributed by atoms with E-state index in [1.807, 2.05) is 0 Å². The Labute approximate surface area is 124 Å². The summed E-state index contributed by atoms with van der Waals surface area (Å²) in [4.78, 5) is 3.87. The number of halogens is 4. The van der Waals surface area contributed by atoms with Crippen LogP contribution in [0.5, 0.6) is 0 Å². The predicted octanol–water partition coefficient (Wildman–Crippen LogP) is 3.95. The molecule has 0 spiro atoms. The predicted molar refractivity (Wildman–Crippen MR) is 76.9 cm³/mol. The van der Waals surface area contributed by atoms with Gasteiger partial charge in [-0.15, -0.1) is 11.3 Å². The van der Waals surface area contributed by atoms with Gasteiger partial charge in [0, 0.05) is 15.4 Å². The first kappa shape index (κ1) is 14.8.